The fourth-order valence-electron chi connectivity index (χ4n) is 2.94. The first-order valence-corrected chi connectivity index (χ1v) is 6.50. The van der Waals surface area contributed by atoms with E-state index in [1.54, 1.807) is 6.20 Å². The fraction of sp³-hybridized carbons (Fsp3) is 0.333. The predicted octanol–water partition coefficient (Wildman–Crippen LogP) is 2.85. The number of fused-ring (bicyclic) bond motifs is 1. The molecule has 2 unspecified atom stereocenters. The monoisotopic (exact) mass is 257 g/mol. The van der Waals surface area contributed by atoms with Gasteiger partial charge >= 0.3 is 5.97 Å². The number of benzene rings is 1. The molecule has 2 atom stereocenters. The lowest BCUT2D eigenvalue weighted by Gasteiger charge is -2.07. The lowest BCUT2D eigenvalue weighted by Crippen LogP contribution is -2.14. The molecule has 3 rings (SSSR count). The first-order chi connectivity index (χ1) is 9.16. The molecule has 1 saturated carbocycles. The van der Waals surface area contributed by atoms with Crippen LogP contribution in [0, 0.1) is 11.8 Å². The number of carbonyl (C=O) groups excluding carboxylic acids is 1. The summed E-state index contributed by atoms with van der Waals surface area (Å²) in [5, 5.41) is 9.92. The van der Waals surface area contributed by atoms with Gasteiger partial charge in [0.05, 0.1) is 5.92 Å². The van der Waals surface area contributed by atoms with Crippen LogP contribution in [0.15, 0.2) is 30.5 Å². The molecule has 1 aliphatic rings. The Balaban J connectivity index is 1.87. The van der Waals surface area contributed by atoms with Crippen LogP contribution >= 0.6 is 0 Å². The maximum Gasteiger partial charge on any atom is 0.306 e. The molecular formula is C15H15NO3. The third-order valence-corrected chi connectivity index (χ3v) is 4.01. The van der Waals surface area contributed by atoms with E-state index in [2.05, 4.69) is 4.98 Å². The number of H-pyrrole nitrogens is 1. The van der Waals surface area contributed by atoms with Crippen molar-refractivity contribution in [2.75, 3.05) is 0 Å². The summed E-state index contributed by atoms with van der Waals surface area (Å²) >= 11 is 0. The van der Waals surface area contributed by atoms with E-state index >= 15 is 0 Å². The maximum absolute atomic E-state index is 12.5. The first-order valence-electron chi connectivity index (χ1n) is 6.50. The van der Waals surface area contributed by atoms with Gasteiger partial charge in [-0.05, 0) is 25.3 Å². The Hall–Kier alpha value is -2.10. The number of carboxylic acids is 1. The molecular weight excluding hydrogens is 242 g/mol. The Labute approximate surface area is 110 Å². The highest BCUT2D eigenvalue weighted by atomic mass is 16.4. The van der Waals surface area contributed by atoms with Gasteiger partial charge in [-0.3, -0.25) is 9.59 Å². The molecule has 0 radical (unpaired) electrons. The van der Waals surface area contributed by atoms with Gasteiger partial charge in [0, 0.05) is 28.6 Å². The van der Waals surface area contributed by atoms with Gasteiger partial charge in [0.15, 0.2) is 5.78 Å². The van der Waals surface area contributed by atoms with Gasteiger partial charge in [0.2, 0.25) is 0 Å². The van der Waals surface area contributed by atoms with Crippen LogP contribution in [0.25, 0.3) is 10.9 Å². The van der Waals surface area contributed by atoms with Crippen molar-refractivity contribution in [3.63, 3.8) is 0 Å². The summed E-state index contributed by atoms with van der Waals surface area (Å²) in [6.07, 6.45) is 3.48. The van der Waals surface area contributed by atoms with Crippen molar-refractivity contribution in [1.29, 1.82) is 0 Å². The Morgan fingerprint density at radius 1 is 1.16 bits per heavy atom. The number of hydrogen-bond acceptors (Lipinski definition) is 2. The zero-order valence-corrected chi connectivity index (χ0v) is 10.4. The number of aliphatic carboxylic acids is 1. The second kappa shape index (κ2) is 4.53. The zero-order chi connectivity index (χ0) is 13.4. The topological polar surface area (TPSA) is 70.2 Å². The van der Waals surface area contributed by atoms with E-state index < -0.39 is 5.97 Å². The van der Waals surface area contributed by atoms with Gasteiger partial charge in [0.25, 0.3) is 0 Å². The van der Waals surface area contributed by atoms with Crippen LogP contribution in [0.1, 0.15) is 29.6 Å². The Kier molecular flexibility index (Phi) is 2.85. The number of carboxylic acid groups (broad SMARTS) is 1. The smallest absolute Gasteiger partial charge is 0.306 e. The van der Waals surface area contributed by atoms with Gasteiger partial charge in [-0.2, -0.15) is 0 Å². The number of hydrogen-bond donors (Lipinski definition) is 2. The van der Waals surface area contributed by atoms with Crippen molar-refractivity contribution >= 4 is 22.7 Å². The Bertz CT molecular complexity index is 644. The van der Waals surface area contributed by atoms with Crippen LogP contribution in [-0.4, -0.2) is 21.8 Å². The predicted molar refractivity (Wildman–Crippen MR) is 71.1 cm³/mol. The van der Waals surface area contributed by atoms with Crippen molar-refractivity contribution in [3.8, 4) is 0 Å². The van der Waals surface area contributed by atoms with Crippen molar-refractivity contribution in [2.24, 2.45) is 11.8 Å². The van der Waals surface area contributed by atoms with Crippen LogP contribution in [0.4, 0.5) is 0 Å². The quantitative estimate of drug-likeness (QED) is 0.830. The van der Waals surface area contributed by atoms with Gasteiger partial charge in [0.1, 0.15) is 0 Å². The van der Waals surface area contributed by atoms with Crippen molar-refractivity contribution < 1.29 is 14.7 Å². The van der Waals surface area contributed by atoms with Crippen LogP contribution in [0.2, 0.25) is 0 Å². The summed E-state index contributed by atoms with van der Waals surface area (Å²) < 4.78 is 0. The molecule has 1 heterocycles. The van der Waals surface area contributed by atoms with Gasteiger partial charge in [-0.1, -0.05) is 18.2 Å². The van der Waals surface area contributed by atoms with E-state index in [4.69, 9.17) is 5.11 Å². The number of ketones is 1. The van der Waals surface area contributed by atoms with Crippen molar-refractivity contribution in [3.05, 3.63) is 36.0 Å². The number of carbonyl (C=O) groups is 2. The molecule has 1 aromatic carbocycles. The molecule has 4 nitrogen and oxygen atoms in total. The van der Waals surface area contributed by atoms with Crippen LogP contribution in [0.3, 0.4) is 0 Å². The highest BCUT2D eigenvalue weighted by molar-refractivity contribution is 6.09. The van der Waals surface area contributed by atoms with Gasteiger partial charge in [-0.25, -0.2) is 0 Å². The minimum atomic E-state index is -0.783. The van der Waals surface area contributed by atoms with Gasteiger partial charge in [-0.15, -0.1) is 0 Å². The normalized spacial score (nSPS) is 22.7. The highest BCUT2D eigenvalue weighted by Crippen LogP contribution is 2.34. The minimum Gasteiger partial charge on any atom is -0.481 e. The molecule has 1 aliphatic carbocycles. The number of aromatic amines is 1. The Morgan fingerprint density at radius 2 is 1.89 bits per heavy atom. The van der Waals surface area contributed by atoms with E-state index in [0.29, 0.717) is 24.8 Å². The molecule has 1 aromatic heterocycles. The first kappa shape index (κ1) is 12.0. The average molecular weight is 257 g/mol. The summed E-state index contributed by atoms with van der Waals surface area (Å²) in [5.74, 6) is -1.23. The second-order valence-corrected chi connectivity index (χ2v) is 5.16. The summed E-state index contributed by atoms with van der Waals surface area (Å²) in [7, 11) is 0. The molecule has 98 valence electrons. The SMILES string of the molecule is O=C(O)C1CCC(C(=O)c2c[nH]c3ccccc23)C1. The summed E-state index contributed by atoms with van der Waals surface area (Å²) in [5.41, 5.74) is 1.63. The molecule has 1 fully saturated rings. The molecule has 0 saturated heterocycles. The highest BCUT2D eigenvalue weighted by Gasteiger charge is 2.34. The number of para-hydroxylation sites is 1. The van der Waals surface area contributed by atoms with Crippen molar-refractivity contribution in [2.45, 2.75) is 19.3 Å². The van der Waals surface area contributed by atoms with E-state index in [9.17, 15) is 9.59 Å². The molecule has 2 N–H and O–H groups in total. The number of nitrogens with one attached hydrogen (secondary N) is 1. The molecule has 0 bridgehead atoms. The third kappa shape index (κ3) is 2.03. The Morgan fingerprint density at radius 3 is 2.63 bits per heavy atom. The molecule has 0 spiro atoms. The lowest BCUT2D eigenvalue weighted by atomic mass is 9.95. The van der Waals surface area contributed by atoms with Crippen LogP contribution in [0.5, 0.6) is 0 Å². The number of Topliss-reactive ketones (excluding diaryl/α,β-unsaturated/α-hetero) is 1. The number of rotatable bonds is 3. The maximum atomic E-state index is 12.5. The summed E-state index contributed by atoms with van der Waals surface area (Å²) in [6.45, 7) is 0. The largest absolute Gasteiger partial charge is 0.481 e. The van der Waals surface area contributed by atoms with E-state index in [0.717, 1.165) is 10.9 Å². The molecule has 2 aromatic rings. The average Bonchev–Trinajstić information content (AvgIpc) is 3.05. The summed E-state index contributed by atoms with van der Waals surface area (Å²) in [4.78, 5) is 26.5. The molecule has 4 heteroatoms. The third-order valence-electron chi connectivity index (χ3n) is 4.01. The molecule has 0 aliphatic heterocycles. The standard InChI is InChI=1S/C15H15NO3/c17-14(9-5-6-10(7-9)15(18)19)12-8-16-13-4-2-1-3-11(12)13/h1-4,8-10,16H,5-7H2,(H,18,19). The minimum absolute atomic E-state index is 0.0706. The molecule has 19 heavy (non-hydrogen) atoms. The number of aromatic nitrogens is 1. The fourth-order valence-corrected chi connectivity index (χ4v) is 2.94. The van der Waals surface area contributed by atoms with Crippen molar-refractivity contribution in [1.82, 2.24) is 4.98 Å². The zero-order valence-electron chi connectivity index (χ0n) is 10.4. The molecule has 0 amide bonds. The lowest BCUT2D eigenvalue weighted by molar-refractivity contribution is -0.141. The van der Waals surface area contributed by atoms with E-state index in [1.807, 2.05) is 24.3 Å². The van der Waals surface area contributed by atoms with Crippen LogP contribution in [-0.2, 0) is 4.79 Å². The van der Waals surface area contributed by atoms with Crippen LogP contribution < -0.4 is 0 Å². The van der Waals surface area contributed by atoms with Gasteiger partial charge < -0.3 is 10.1 Å². The second-order valence-electron chi connectivity index (χ2n) is 5.16. The van der Waals surface area contributed by atoms with E-state index in [-0.39, 0.29) is 17.6 Å². The summed E-state index contributed by atoms with van der Waals surface area (Å²) in [6, 6.07) is 7.67. The van der Waals surface area contributed by atoms with E-state index in [1.165, 1.54) is 0 Å².